The van der Waals surface area contributed by atoms with E-state index in [0.717, 1.165) is 0 Å². The van der Waals surface area contributed by atoms with Crippen LogP contribution in [0.2, 0.25) is 0 Å². The fourth-order valence-corrected chi connectivity index (χ4v) is 1.14. The first-order valence-corrected chi connectivity index (χ1v) is 3.87. The maximum Gasteiger partial charge on any atom is 0.151 e. The molecule has 0 saturated carbocycles. The van der Waals surface area contributed by atoms with Gasteiger partial charge < -0.3 is 5.73 Å². The zero-order valence-corrected chi connectivity index (χ0v) is 7.08. The summed E-state index contributed by atoms with van der Waals surface area (Å²) in [4.78, 5) is 8.02. The first kappa shape index (κ1) is 7.91. The Morgan fingerprint density at radius 2 is 2.08 bits per heavy atom. The molecule has 0 aliphatic carbocycles. The van der Waals surface area contributed by atoms with E-state index in [0.29, 0.717) is 11.2 Å². The Hall–Kier alpha value is -1.71. The number of fused-ring (bicyclic) bond motifs is 1. The lowest BCUT2D eigenvalue weighted by Crippen LogP contribution is -1.98. The topological polar surface area (TPSA) is 51.8 Å². The lowest BCUT2D eigenvalue weighted by atomic mass is 10.3. The zero-order chi connectivity index (χ0) is 9.42. The van der Waals surface area contributed by atoms with E-state index in [2.05, 4.69) is 9.97 Å². The maximum atomic E-state index is 13.1. The Morgan fingerprint density at radius 1 is 1.31 bits per heavy atom. The molecule has 2 aromatic rings. The van der Waals surface area contributed by atoms with E-state index in [-0.39, 0.29) is 11.3 Å². The molecule has 0 atom stereocenters. The highest BCUT2D eigenvalue weighted by atomic mass is 19.1. The summed E-state index contributed by atoms with van der Waals surface area (Å²) in [5.74, 6) is -0.116. The van der Waals surface area contributed by atoms with Crippen molar-refractivity contribution in [2.24, 2.45) is 0 Å². The fraction of sp³-hybridized carbons (Fsp3) is 0.111. The molecular formula is C9H8FN3. The number of benzene rings is 1. The number of hydrogen-bond donors (Lipinski definition) is 1. The van der Waals surface area contributed by atoms with Gasteiger partial charge in [-0.05, 0) is 19.1 Å². The van der Waals surface area contributed by atoms with Crippen molar-refractivity contribution in [3.8, 4) is 0 Å². The molecule has 2 N–H and O–H groups in total. The zero-order valence-electron chi connectivity index (χ0n) is 7.08. The van der Waals surface area contributed by atoms with Crippen molar-refractivity contribution in [1.82, 2.24) is 9.97 Å². The van der Waals surface area contributed by atoms with Crippen molar-refractivity contribution in [1.29, 1.82) is 0 Å². The second-order valence-corrected chi connectivity index (χ2v) is 2.80. The lowest BCUT2D eigenvalue weighted by Gasteiger charge is -2.01. The van der Waals surface area contributed by atoms with Crippen molar-refractivity contribution in [2.75, 3.05) is 5.73 Å². The Bertz CT molecular complexity index is 468. The lowest BCUT2D eigenvalue weighted by molar-refractivity contribution is 0.636. The molecule has 4 heteroatoms. The van der Waals surface area contributed by atoms with Crippen LogP contribution >= 0.6 is 0 Å². The number of nitrogen functional groups attached to an aromatic ring is 1. The summed E-state index contributed by atoms with van der Waals surface area (Å²) < 4.78 is 13.1. The maximum absolute atomic E-state index is 13.1. The molecule has 0 aliphatic rings. The number of para-hydroxylation sites is 1. The summed E-state index contributed by atoms with van der Waals surface area (Å²) in [6.07, 6.45) is 0. The minimum absolute atomic E-state index is 0.227. The van der Waals surface area contributed by atoms with Crippen LogP contribution in [0.4, 0.5) is 10.2 Å². The number of rotatable bonds is 0. The normalized spacial score (nSPS) is 10.6. The van der Waals surface area contributed by atoms with Crippen LogP contribution < -0.4 is 5.73 Å². The van der Waals surface area contributed by atoms with Gasteiger partial charge in [-0.1, -0.05) is 6.07 Å². The van der Waals surface area contributed by atoms with E-state index >= 15 is 0 Å². The van der Waals surface area contributed by atoms with Gasteiger partial charge >= 0.3 is 0 Å². The van der Waals surface area contributed by atoms with Crippen molar-refractivity contribution < 1.29 is 4.39 Å². The number of hydrogen-bond acceptors (Lipinski definition) is 3. The van der Waals surface area contributed by atoms with Crippen LogP contribution in [0, 0.1) is 12.7 Å². The number of nitrogens with two attached hydrogens (primary N) is 1. The highest BCUT2D eigenvalue weighted by molar-refractivity contribution is 5.76. The Kier molecular flexibility index (Phi) is 1.62. The van der Waals surface area contributed by atoms with Gasteiger partial charge in [0.25, 0.3) is 0 Å². The van der Waals surface area contributed by atoms with Crippen molar-refractivity contribution in [3.63, 3.8) is 0 Å². The van der Waals surface area contributed by atoms with Crippen molar-refractivity contribution >= 4 is 16.9 Å². The van der Waals surface area contributed by atoms with Gasteiger partial charge in [0.2, 0.25) is 0 Å². The Morgan fingerprint density at radius 3 is 2.85 bits per heavy atom. The van der Waals surface area contributed by atoms with Crippen LogP contribution in [0.5, 0.6) is 0 Å². The number of aryl methyl sites for hydroxylation is 1. The molecule has 13 heavy (non-hydrogen) atoms. The summed E-state index contributed by atoms with van der Waals surface area (Å²) >= 11 is 0. The SMILES string of the molecule is Cc1nc2cccc(F)c2nc1N. The summed E-state index contributed by atoms with van der Waals surface area (Å²) in [5.41, 5.74) is 6.90. The largest absolute Gasteiger partial charge is 0.382 e. The van der Waals surface area contributed by atoms with E-state index in [1.165, 1.54) is 6.07 Å². The van der Waals surface area contributed by atoms with Crippen molar-refractivity contribution in [3.05, 3.63) is 29.7 Å². The first-order chi connectivity index (χ1) is 6.18. The summed E-state index contributed by atoms with van der Waals surface area (Å²) in [6, 6.07) is 4.64. The van der Waals surface area contributed by atoms with Crippen LogP contribution in [-0.2, 0) is 0 Å². The average molecular weight is 177 g/mol. The Balaban J connectivity index is 2.89. The van der Waals surface area contributed by atoms with Gasteiger partial charge in [-0.25, -0.2) is 14.4 Å². The third-order valence-corrected chi connectivity index (χ3v) is 1.86. The molecule has 0 saturated heterocycles. The minimum atomic E-state index is -0.392. The Labute approximate surface area is 74.4 Å². The first-order valence-electron chi connectivity index (χ1n) is 3.87. The molecule has 0 unspecified atom stereocenters. The molecule has 0 fully saturated rings. The minimum Gasteiger partial charge on any atom is -0.382 e. The van der Waals surface area contributed by atoms with E-state index in [1.54, 1.807) is 19.1 Å². The van der Waals surface area contributed by atoms with Gasteiger partial charge in [0.1, 0.15) is 11.3 Å². The predicted molar refractivity (Wildman–Crippen MR) is 48.6 cm³/mol. The summed E-state index contributed by atoms with van der Waals surface area (Å²) in [6.45, 7) is 1.74. The van der Waals surface area contributed by atoms with Gasteiger partial charge in [0.15, 0.2) is 5.82 Å². The van der Waals surface area contributed by atoms with Crippen LogP contribution in [0.3, 0.4) is 0 Å². The summed E-state index contributed by atoms with van der Waals surface area (Å²) in [5, 5.41) is 0. The van der Waals surface area contributed by atoms with Gasteiger partial charge in [0, 0.05) is 0 Å². The van der Waals surface area contributed by atoms with Gasteiger partial charge in [0.05, 0.1) is 11.2 Å². The van der Waals surface area contributed by atoms with Crippen LogP contribution in [0.25, 0.3) is 11.0 Å². The van der Waals surface area contributed by atoms with E-state index in [1.807, 2.05) is 0 Å². The van der Waals surface area contributed by atoms with E-state index < -0.39 is 5.82 Å². The highest BCUT2D eigenvalue weighted by Gasteiger charge is 2.05. The smallest absolute Gasteiger partial charge is 0.151 e. The molecule has 0 bridgehead atoms. The molecule has 0 radical (unpaired) electrons. The third kappa shape index (κ3) is 1.20. The summed E-state index contributed by atoms with van der Waals surface area (Å²) in [7, 11) is 0. The molecule has 0 spiro atoms. The second kappa shape index (κ2) is 2.65. The second-order valence-electron chi connectivity index (χ2n) is 2.80. The molecule has 1 heterocycles. The standard InChI is InChI=1S/C9H8FN3/c1-5-9(11)13-8-6(10)3-2-4-7(8)12-5/h2-4H,1H3,(H2,11,13). The van der Waals surface area contributed by atoms with Gasteiger partial charge in [-0.3, -0.25) is 0 Å². The van der Waals surface area contributed by atoms with Crippen LogP contribution in [0.15, 0.2) is 18.2 Å². The number of aromatic nitrogens is 2. The molecule has 0 amide bonds. The molecule has 1 aromatic heterocycles. The van der Waals surface area contributed by atoms with Gasteiger partial charge in [-0.15, -0.1) is 0 Å². The molecule has 3 nitrogen and oxygen atoms in total. The van der Waals surface area contributed by atoms with E-state index in [4.69, 9.17) is 5.73 Å². The number of anilines is 1. The van der Waals surface area contributed by atoms with Crippen molar-refractivity contribution in [2.45, 2.75) is 6.92 Å². The number of halogens is 1. The number of nitrogens with zero attached hydrogens (tertiary/aromatic N) is 2. The third-order valence-electron chi connectivity index (χ3n) is 1.86. The predicted octanol–water partition coefficient (Wildman–Crippen LogP) is 1.66. The van der Waals surface area contributed by atoms with E-state index in [9.17, 15) is 4.39 Å². The van der Waals surface area contributed by atoms with Gasteiger partial charge in [-0.2, -0.15) is 0 Å². The molecule has 1 aromatic carbocycles. The average Bonchev–Trinajstić information content (AvgIpc) is 2.09. The molecule has 66 valence electrons. The fourth-order valence-electron chi connectivity index (χ4n) is 1.14. The highest BCUT2D eigenvalue weighted by Crippen LogP contribution is 2.16. The van der Waals surface area contributed by atoms with Crippen LogP contribution in [0.1, 0.15) is 5.69 Å². The quantitative estimate of drug-likeness (QED) is 0.665. The monoisotopic (exact) mass is 177 g/mol. The molecule has 2 rings (SSSR count). The molecular weight excluding hydrogens is 169 g/mol. The van der Waals surface area contributed by atoms with Crippen LogP contribution in [-0.4, -0.2) is 9.97 Å². The molecule has 0 aliphatic heterocycles.